The maximum Gasteiger partial charge on any atom is -0.0101 e. The van der Waals surface area contributed by atoms with Crippen LogP contribution in [0.5, 0.6) is 0 Å². The molecule has 0 aromatic heterocycles. The van der Waals surface area contributed by atoms with E-state index in [-0.39, 0.29) is 0 Å². The van der Waals surface area contributed by atoms with Crippen LogP contribution in [0.3, 0.4) is 0 Å². The highest BCUT2D eigenvalue weighted by atomic mass is 14.4. The molecule has 0 radical (unpaired) electrons. The van der Waals surface area contributed by atoms with Crippen LogP contribution in [0.1, 0.15) is 40.5 Å². The van der Waals surface area contributed by atoms with Crippen molar-refractivity contribution in [3.8, 4) is 0 Å². The fraction of sp³-hybridized carbons (Fsp3) is 0.692. The van der Waals surface area contributed by atoms with Crippen LogP contribution in [0.25, 0.3) is 0 Å². The van der Waals surface area contributed by atoms with Crippen LogP contribution in [-0.4, -0.2) is 0 Å². The van der Waals surface area contributed by atoms with Crippen molar-refractivity contribution < 1.29 is 0 Å². The number of allylic oxidation sites excluding steroid dienone is 4. The molecule has 0 heteroatoms. The Kier molecular flexibility index (Phi) is 1.90. The average Bonchev–Trinajstić information content (AvgIpc) is 2.48. The summed E-state index contributed by atoms with van der Waals surface area (Å²) in [4.78, 5) is 0. The SMILES string of the molecule is C[C@@H]1CC(C)(C)C2=C(CC=C2)[C@H]1C. The lowest BCUT2D eigenvalue weighted by Crippen LogP contribution is -2.28. The highest BCUT2D eigenvalue weighted by Gasteiger charge is 2.36. The molecular weight excluding hydrogens is 156 g/mol. The first kappa shape index (κ1) is 9.05. The van der Waals surface area contributed by atoms with Crippen molar-refractivity contribution in [3.63, 3.8) is 0 Å². The largest absolute Gasteiger partial charge is 0.0801 e. The van der Waals surface area contributed by atoms with Gasteiger partial charge in [0.15, 0.2) is 0 Å². The molecule has 0 aromatic carbocycles. The standard InChI is InChI=1S/C13H20/c1-9-8-13(3,4)12-7-5-6-11(12)10(9)2/h5,7,9-10H,6,8H2,1-4H3/t9-,10+/m1/s1. The normalized spacial score (nSPS) is 36.6. The molecule has 0 amide bonds. The van der Waals surface area contributed by atoms with E-state index in [4.69, 9.17) is 0 Å². The minimum Gasteiger partial charge on any atom is -0.0801 e. The first-order chi connectivity index (χ1) is 6.02. The molecule has 0 aromatic rings. The third-order valence-electron chi connectivity index (χ3n) is 3.93. The lowest BCUT2D eigenvalue weighted by molar-refractivity contribution is 0.256. The first-order valence-electron chi connectivity index (χ1n) is 5.42. The second-order valence-corrected chi connectivity index (χ2v) is 5.40. The summed E-state index contributed by atoms with van der Waals surface area (Å²) in [5.41, 5.74) is 3.77. The monoisotopic (exact) mass is 176 g/mol. The smallest absolute Gasteiger partial charge is 0.0101 e. The Bertz CT molecular complexity index is 278. The van der Waals surface area contributed by atoms with Gasteiger partial charge < -0.3 is 0 Å². The van der Waals surface area contributed by atoms with Crippen LogP contribution in [0, 0.1) is 17.3 Å². The van der Waals surface area contributed by atoms with Gasteiger partial charge in [-0.25, -0.2) is 0 Å². The molecule has 0 N–H and O–H groups in total. The van der Waals surface area contributed by atoms with Crippen LogP contribution in [0.2, 0.25) is 0 Å². The Morgan fingerprint density at radius 2 is 2.00 bits per heavy atom. The van der Waals surface area contributed by atoms with Gasteiger partial charge in [0.25, 0.3) is 0 Å². The fourth-order valence-corrected chi connectivity index (χ4v) is 3.05. The van der Waals surface area contributed by atoms with E-state index in [1.54, 1.807) is 11.1 Å². The molecule has 0 unspecified atom stereocenters. The Balaban J connectivity index is 2.43. The summed E-state index contributed by atoms with van der Waals surface area (Å²) in [7, 11) is 0. The van der Waals surface area contributed by atoms with Crippen LogP contribution >= 0.6 is 0 Å². The maximum absolute atomic E-state index is 2.40. The summed E-state index contributed by atoms with van der Waals surface area (Å²) < 4.78 is 0. The Morgan fingerprint density at radius 3 is 2.69 bits per heavy atom. The Labute approximate surface area is 81.7 Å². The Hall–Kier alpha value is -0.520. The van der Waals surface area contributed by atoms with Crippen LogP contribution in [0.15, 0.2) is 23.3 Å². The zero-order chi connectivity index (χ0) is 9.64. The lowest BCUT2D eigenvalue weighted by atomic mass is 9.65. The lowest BCUT2D eigenvalue weighted by Gasteiger charge is -2.39. The van der Waals surface area contributed by atoms with E-state index in [1.807, 2.05) is 0 Å². The molecule has 0 bridgehead atoms. The Morgan fingerprint density at radius 1 is 1.31 bits per heavy atom. The summed E-state index contributed by atoms with van der Waals surface area (Å²) in [5.74, 6) is 1.66. The topological polar surface area (TPSA) is 0 Å². The van der Waals surface area contributed by atoms with Crippen molar-refractivity contribution in [2.75, 3.05) is 0 Å². The van der Waals surface area contributed by atoms with E-state index >= 15 is 0 Å². The van der Waals surface area contributed by atoms with Gasteiger partial charge in [0, 0.05) is 0 Å². The molecule has 2 atom stereocenters. The fourth-order valence-electron chi connectivity index (χ4n) is 3.05. The zero-order valence-corrected chi connectivity index (χ0v) is 9.22. The van der Waals surface area contributed by atoms with E-state index < -0.39 is 0 Å². The van der Waals surface area contributed by atoms with Crippen LogP contribution in [0.4, 0.5) is 0 Å². The number of hydrogen-bond acceptors (Lipinski definition) is 0. The summed E-state index contributed by atoms with van der Waals surface area (Å²) in [5, 5.41) is 0. The molecule has 0 aliphatic heterocycles. The third-order valence-corrected chi connectivity index (χ3v) is 3.93. The molecule has 0 spiro atoms. The van der Waals surface area contributed by atoms with Crippen molar-refractivity contribution in [1.82, 2.24) is 0 Å². The molecule has 0 heterocycles. The van der Waals surface area contributed by atoms with Gasteiger partial charge in [0.05, 0.1) is 0 Å². The number of hydrogen-bond donors (Lipinski definition) is 0. The highest BCUT2D eigenvalue weighted by molar-refractivity contribution is 5.41. The second kappa shape index (κ2) is 2.73. The quantitative estimate of drug-likeness (QED) is 0.524. The van der Waals surface area contributed by atoms with E-state index in [0.717, 1.165) is 11.8 Å². The van der Waals surface area contributed by atoms with Crippen LogP contribution in [-0.2, 0) is 0 Å². The second-order valence-electron chi connectivity index (χ2n) is 5.40. The molecule has 72 valence electrons. The molecule has 0 saturated carbocycles. The molecule has 0 fully saturated rings. The molecule has 2 aliphatic rings. The summed E-state index contributed by atoms with van der Waals surface area (Å²) in [6, 6.07) is 0. The molecule has 0 saturated heterocycles. The average molecular weight is 176 g/mol. The summed E-state index contributed by atoms with van der Waals surface area (Å²) >= 11 is 0. The van der Waals surface area contributed by atoms with E-state index in [9.17, 15) is 0 Å². The molecule has 13 heavy (non-hydrogen) atoms. The van der Waals surface area contributed by atoms with Crippen molar-refractivity contribution in [2.45, 2.75) is 40.5 Å². The third kappa shape index (κ3) is 1.27. The van der Waals surface area contributed by atoms with Gasteiger partial charge in [-0.1, -0.05) is 45.4 Å². The van der Waals surface area contributed by atoms with Gasteiger partial charge in [-0.3, -0.25) is 0 Å². The van der Waals surface area contributed by atoms with Crippen LogP contribution < -0.4 is 0 Å². The highest BCUT2D eigenvalue weighted by Crippen LogP contribution is 2.49. The van der Waals surface area contributed by atoms with Gasteiger partial charge >= 0.3 is 0 Å². The van der Waals surface area contributed by atoms with Gasteiger partial charge in [0.1, 0.15) is 0 Å². The van der Waals surface area contributed by atoms with Crippen molar-refractivity contribution in [2.24, 2.45) is 17.3 Å². The molecule has 0 nitrogen and oxygen atoms in total. The summed E-state index contributed by atoms with van der Waals surface area (Å²) in [6.07, 6.45) is 7.25. The van der Waals surface area contributed by atoms with Gasteiger partial charge in [0.2, 0.25) is 0 Å². The number of rotatable bonds is 0. The molecule has 2 rings (SSSR count). The van der Waals surface area contributed by atoms with Gasteiger partial charge in [-0.05, 0) is 35.7 Å². The minimum atomic E-state index is 0.425. The van der Waals surface area contributed by atoms with Crippen molar-refractivity contribution >= 4 is 0 Å². The predicted molar refractivity (Wildman–Crippen MR) is 57.5 cm³/mol. The molecular formula is C13H20. The first-order valence-corrected chi connectivity index (χ1v) is 5.42. The predicted octanol–water partition coefficient (Wildman–Crippen LogP) is 3.95. The van der Waals surface area contributed by atoms with Gasteiger partial charge in [-0.15, -0.1) is 0 Å². The summed E-state index contributed by atoms with van der Waals surface area (Å²) in [6.45, 7) is 9.57. The zero-order valence-electron chi connectivity index (χ0n) is 9.22. The van der Waals surface area contributed by atoms with Crippen molar-refractivity contribution in [1.29, 1.82) is 0 Å². The maximum atomic E-state index is 2.40. The van der Waals surface area contributed by atoms with Gasteiger partial charge in [-0.2, -0.15) is 0 Å². The minimum absolute atomic E-state index is 0.425. The van der Waals surface area contributed by atoms with Crippen molar-refractivity contribution in [3.05, 3.63) is 23.3 Å². The van der Waals surface area contributed by atoms with E-state index in [1.165, 1.54) is 12.8 Å². The van der Waals surface area contributed by atoms with E-state index in [0.29, 0.717) is 5.41 Å². The van der Waals surface area contributed by atoms with E-state index in [2.05, 4.69) is 39.8 Å². The molecule has 2 aliphatic carbocycles.